The Kier molecular flexibility index (Phi) is 6.26. The third-order valence-electron chi connectivity index (χ3n) is 2.16. The van der Waals surface area contributed by atoms with Gasteiger partial charge in [-0.25, -0.2) is 8.42 Å². The minimum atomic E-state index is -2.99. The highest BCUT2D eigenvalue weighted by Gasteiger charge is 2.20. The summed E-state index contributed by atoms with van der Waals surface area (Å²) in [6.07, 6.45) is 2.00. The lowest BCUT2D eigenvalue weighted by atomic mass is 10.0. The Morgan fingerprint density at radius 1 is 1.50 bits per heavy atom. The molecule has 2 atom stereocenters. The summed E-state index contributed by atoms with van der Waals surface area (Å²) in [5, 5.41) is 0. The average molecular weight is 224 g/mol. The van der Waals surface area contributed by atoms with Crippen LogP contribution in [-0.4, -0.2) is 40.2 Å². The molecule has 3 N–H and O–H groups in total. The number of nitrogens with one attached hydrogen (secondary N) is 1. The highest BCUT2D eigenvalue weighted by atomic mass is 32.2. The lowest BCUT2D eigenvalue weighted by Gasteiger charge is -2.21. The lowest BCUT2D eigenvalue weighted by molar-refractivity contribution is 0.172. The Hall–Kier alpha value is -0.170. The van der Waals surface area contributed by atoms with E-state index in [1.165, 1.54) is 6.26 Å². The SMILES string of the molecule is COCCC(C)C(CS(C)(=O)=O)NN. The van der Waals surface area contributed by atoms with Crippen LogP contribution in [0.25, 0.3) is 0 Å². The van der Waals surface area contributed by atoms with Gasteiger partial charge in [0.1, 0.15) is 9.84 Å². The van der Waals surface area contributed by atoms with Crippen molar-refractivity contribution in [2.24, 2.45) is 11.8 Å². The molecule has 0 radical (unpaired) electrons. The van der Waals surface area contributed by atoms with Crippen LogP contribution >= 0.6 is 0 Å². The van der Waals surface area contributed by atoms with E-state index in [2.05, 4.69) is 5.43 Å². The number of ether oxygens (including phenoxy) is 1. The Bertz CT molecular complexity index is 241. The predicted molar refractivity (Wildman–Crippen MR) is 56.5 cm³/mol. The first-order chi connectivity index (χ1) is 6.40. The number of nitrogens with two attached hydrogens (primary N) is 1. The molecule has 0 amide bonds. The molecule has 5 nitrogen and oxygen atoms in total. The fraction of sp³-hybridized carbons (Fsp3) is 1.00. The Labute approximate surface area is 85.9 Å². The summed E-state index contributed by atoms with van der Waals surface area (Å²) in [6.45, 7) is 2.57. The third kappa shape index (κ3) is 6.31. The van der Waals surface area contributed by atoms with E-state index in [0.717, 1.165) is 6.42 Å². The Balaban J connectivity index is 4.12. The molecule has 0 aliphatic heterocycles. The first-order valence-electron chi connectivity index (χ1n) is 4.53. The van der Waals surface area contributed by atoms with Gasteiger partial charge in [0.2, 0.25) is 0 Å². The molecule has 0 aromatic carbocycles. The van der Waals surface area contributed by atoms with E-state index >= 15 is 0 Å². The van der Waals surface area contributed by atoms with Crippen molar-refractivity contribution in [1.82, 2.24) is 5.43 Å². The molecule has 0 heterocycles. The van der Waals surface area contributed by atoms with E-state index in [1.807, 2.05) is 6.92 Å². The monoisotopic (exact) mass is 224 g/mol. The number of rotatable bonds is 7. The second kappa shape index (κ2) is 6.34. The van der Waals surface area contributed by atoms with Crippen molar-refractivity contribution in [3.63, 3.8) is 0 Å². The van der Waals surface area contributed by atoms with Crippen molar-refractivity contribution in [2.45, 2.75) is 19.4 Å². The van der Waals surface area contributed by atoms with Crippen LogP contribution in [0.5, 0.6) is 0 Å². The molecule has 0 bridgehead atoms. The molecule has 0 aliphatic carbocycles. The van der Waals surface area contributed by atoms with Crippen molar-refractivity contribution < 1.29 is 13.2 Å². The van der Waals surface area contributed by atoms with E-state index in [4.69, 9.17) is 10.6 Å². The number of sulfone groups is 1. The second-order valence-corrected chi connectivity index (χ2v) is 5.81. The minimum Gasteiger partial charge on any atom is -0.385 e. The van der Waals surface area contributed by atoms with Gasteiger partial charge in [-0.1, -0.05) is 6.92 Å². The van der Waals surface area contributed by atoms with E-state index in [0.29, 0.717) is 6.61 Å². The number of hydrazine groups is 1. The van der Waals surface area contributed by atoms with Crippen molar-refractivity contribution in [1.29, 1.82) is 0 Å². The molecule has 86 valence electrons. The molecule has 2 unspecified atom stereocenters. The molecule has 0 saturated heterocycles. The van der Waals surface area contributed by atoms with E-state index in [1.54, 1.807) is 7.11 Å². The molecule has 0 fully saturated rings. The van der Waals surface area contributed by atoms with Gasteiger partial charge >= 0.3 is 0 Å². The number of hydrogen-bond donors (Lipinski definition) is 2. The van der Waals surface area contributed by atoms with E-state index < -0.39 is 9.84 Å². The average Bonchev–Trinajstić information content (AvgIpc) is 2.08. The van der Waals surface area contributed by atoms with Gasteiger partial charge in [-0.05, 0) is 12.3 Å². The van der Waals surface area contributed by atoms with Crippen molar-refractivity contribution in [3.05, 3.63) is 0 Å². The predicted octanol–water partition coefficient (Wildman–Crippen LogP) is -0.464. The molecule has 0 aliphatic rings. The third-order valence-corrected chi connectivity index (χ3v) is 3.13. The smallest absolute Gasteiger partial charge is 0.149 e. The van der Waals surface area contributed by atoms with Crippen LogP contribution in [0.1, 0.15) is 13.3 Å². The van der Waals surface area contributed by atoms with Gasteiger partial charge < -0.3 is 4.74 Å². The zero-order valence-corrected chi connectivity index (χ0v) is 9.80. The molecular weight excluding hydrogens is 204 g/mol. The van der Waals surface area contributed by atoms with Crippen LogP contribution in [0, 0.1) is 5.92 Å². The molecule has 14 heavy (non-hydrogen) atoms. The van der Waals surface area contributed by atoms with Gasteiger partial charge in [-0.3, -0.25) is 11.3 Å². The summed E-state index contributed by atoms with van der Waals surface area (Å²) in [6, 6.07) is -0.208. The molecular formula is C8H20N2O3S. The summed E-state index contributed by atoms with van der Waals surface area (Å²) >= 11 is 0. The van der Waals surface area contributed by atoms with Crippen LogP contribution in [0.15, 0.2) is 0 Å². The van der Waals surface area contributed by atoms with Gasteiger partial charge in [0.15, 0.2) is 0 Å². The first-order valence-corrected chi connectivity index (χ1v) is 6.59. The molecule has 0 aromatic rings. The van der Waals surface area contributed by atoms with Crippen molar-refractivity contribution in [2.75, 3.05) is 25.7 Å². The van der Waals surface area contributed by atoms with E-state index in [-0.39, 0.29) is 17.7 Å². The molecule has 0 rings (SSSR count). The molecule has 6 heteroatoms. The van der Waals surface area contributed by atoms with Crippen LogP contribution in [0.4, 0.5) is 0 Å². The highest BCUT2D eigenvalue weighted by molar-refractivity contribution is 7.90. The quantitative estimate of drug-likeness (QED) is 0.451. The second-order valence-electron chi connectivity index (χ2n) is 3.62. The molecule has 0 spiro atoms. The zero-order valence-electron chi connectivity index (χ0n) is 8.99. The normalized spacial score (nSPS) is 16.6. The lowest BCUT2D eigenvalue weighted by Crippen LogP contribution is -2.44. The van der Waals surface area contributed by atoms with Gasteiger partial charge in [0.25, 0.3) is 0 Å². The van der Waals surface area contributed by atoms with Crippen LogP contribution in [-0.2, 0) is 14.6 Å². The molecule has 0 saturated carbocycles. The summed E-state index contributed by atoms with van der Waals surface area (Å²) in [4.78, 5) is 0. The Morgan fingerprint density at radius 3 is 2.43 bits per heavy atom. The number of methoxy groups -OCH3 is 1. The van der Waals surface area contributed by atoms with Crippen LogP contribution < -0.4 is 11.3 Å². The van der Waals surface area contributed by atoms with Gasteiger partial charge in [0.05, 0.1) is 5.75 Å². The van der Waals surface area contributed by atoms with Crippen LogP contribution in [0.3, 0.4) is 0 Å². The highest BCUT2D eigenvalue weighted by Crippen LogP contribution is 2.09. The standard InChI is InChI=1S/C8H20N2O3S/c1-7(4-5-13-2)8(10-9)6-14(3,11)12/h7-8,10H,4-6,9H2,1-3H3. The topological polar surface area (TPSA) is 81.4 Å². The maximum Gasteiger partial charge on any atom is 0.149 e. The maximum absolute atomic E-state index is 11.1. The van der Waals surface area contributed by atoms with Gasteiger partial charge in [0, 0.05) is 26.0 Å². The zero-order chi connectivity index (χ0) is 11.2. The fourth-order valence-electron chi connectivity index (χ4n) is 1.21. The summed E-state index contributed by atoms with van der Waals surface area (Å²) in [5.41, 5.74) is 2.53. The van der Waals surface area contributed by atoms with Crippen molar-refractivity contribution >= 4 is 9.84 Å². The fourth-order valence-corrected chi connectivity index (χ4v) is 2.28. The summed E-state index contributed by atoms with van der Waals surface area (Å²) in [7, 11) is -1.37. The van der Waals surface area contributed by atoms with Crippen LogP contribution in [0.2, 0.25) is 0 Å². The maximum atomic E-state index is 11.1. The Morgan fingerprint density at radius 2 is 2.07 bits per heavy atom. The summed E-state index contributed by atoms with van der Waals surface area (Å²) < 4.78 is 27.0. The first kappa shape index (κ1) is 13.8. The van der Waals surface area contributed by atoms with Gasteiger partial charge in [-0.2, -0.15) is 0 Å². The van der Waals surface area contributed by atoms with Crippen molar-refractivity contribution in [3.8, 4) is 0 Å². The van der Waals surface area contributed by atoms with E-state index in [9.17, 15) is 8.42 Å². The largest absolute Gasteiger partial charge is 0.385 e. The van der Waals surface area contributed by atoms with Gasteiger partial charge in [-0.15, -0.1) is 0 Å². The summed E-state index contributed by atoms with van der Waals surface area (Å²) in [5.74, 6) is 5.54. The molecule has 0 aromatic heterocycles. The number of hydrogen-bond acceptors (Lipinski definition) is 5. The minimum absolute atomic E-state index is 0.0639.